The molecule has 1 aromatic rings. The molecule has 0 bridgehead atoms. The zero-order valence-corrected chi connectivity index (χ0v) is 10.1. The summed E-state index contributed by atoms with van der Waals surface area (Å²) >= 11 is 2.90. The molecule has 8 heteroatoms. The molecule has 18 heavy (non-hydrogen) atoms. The number of carbonyl (C=O) groups is 1. The number of carbonyl (C=O) groups excluding carboxylic acids is 1. The summed E-state index contributed by atoms with van der Waals surface area (Å²) in [5.74, 6) is -1.54. The predicted octanol–water partition coefficient (Wildman–Crippen LogP) is 3.22. The molecule has 0 saturated heterocycles. The van der Waals surface area contributed by atoms with Crippen LogP contribution in [0.4, 0.5) is 17.6 Å². The first-order chi connectivity index (χ1) is 8.27. The van der Waals surface area contributed by atoms with Gasteiger partial charge in [-0.3, -0.25) is 4.79 Å². The van der Waals surface area contributed by atoms with Crippen LogP contribution in [-0.4, -0.2) is 23.3 Å². The molecule has 1 aromatic carbocycles. The highest BCUT2D eigenvalue weighted by molar-refractivity contribution is 9.09. The molecule has 0 amide bonds. The Kier molecular flexibility index (Phi) is 3.00. The lowest BCUT2D eigenvalue weighted by molar-refractivity contribution is -0.391. The van der Waals surface area contributed by atoms with Gasteiger partial charge in [0.2, 0.25) is 0 Å². The second kappa shape index (κ2) is 4.11. The highest BCUT2D eigenvalue weighted by atomic mass is 79.9. The monoisotopic (exact) mass is 328 g/mol. The number of Topliss-reactive ketones (excluding diaryl/α,β-unsaturated/α-hetero) is 1. The maximum atomic E-state index is 12.9. The fourth-order valence-corrected chi connectivity index (χ4v) is 1.64. The van der Waals surface area contributed by atoms with Crippen LogP contribution in [0.15, 0.2) is 18.2 Å². The quantitative estimate of drug-likeness (QED) is 0.475. The van der Waals surface area contributed by atoms with Crippen molar-refractivity contribution in [1.29, 1.82) is 0 Å². The summed E-state index contributed by atoms with van der Waals surface area (Å²) in [4.78, 5) is 11.3. The lowest BCUT2D eigenvalue weighted by Gasteiger charge is -2.31. The minimum absolute atomic E-state index is 0.0286. The summed E-state index contributed by atoms with van der Waals surface area (Å²) in [7, 11) is 0. The van der Waals surface area contributed by atoms with Gasteiger partial charge in [0.1, 0.15) is 0 Å². The van der Waals surface area contributed by atoms with Gasteiger partial charge in [0, 0.05) is 5.56 Å². The zero-order chi connectivity index (χ0) is 13.6. The number of fused-ring (bicyclic) bond motifs is 1. The van der Waals surface area contributed by atoms with Gasteiger partial charge in [-0.25, -0.2) is 0 Å². The SMILES string of the molecule is O=C(CBr)c1ccc2c(c1)OC(F)(F)C(F)(F)O2. The number of benzene rings is 1. The van der Waals surface area contributed by atoms with Gasteiger partial charge in [-0.2, -0.15) is 17.6 Å². The van der Waals surface area contributed by atoms with E-state index >= 15 is 0 Å². The van der Waals surface area contributed by atoms with E-state index in [0.29, 0.717) is 0 Å². The van der Waals surface area contributed by atoms with Gasteiger partial charge in [0.05, 0.1) is 5.33 Å². The van der Waals surface area contributed by atoms with Crippen LogP contribution in [0.1, 0.15) is 10.4 Å². The number of hydrogen-bond donors (Lipinski definition) is 0. The molecule has 0 N–H and O–H groups in total. The van der Waals surface area contributed by atoms with Gasteiger partial charge in [0.25, 0.3) is 0 Å². The maximum absolute atomic E-state index is 12.9. The van der Waals surface area contributed by atoms with Crippen molar-refractivity contribution < 1.29 is 31.8 Å². The number of hydrogen-bond acceptors (Lipinski definition) is 3. The Morgan fingerprint density at radius 2 is 1.67 bits per heavy atom. The molecule has 0 saturated carbocycles. The average molecular weight is 329 g/mol. The summed E-state index contributed by atoms with van der Waals surface area (Å²) in [5.41, 5.74) is 0.0511. The van der Waals surface area contributed by atoms with Crippen molar-refractivity contribution in [2.75, 3.05) is 5.33 Å². The number of rotatable bonds is 2. The summed E-state index contributed by atoms with van der Waals surface area (Å²) in [6.45, 7) is 0. The molecule has 0 unspecified atom stereocenters. The van der Waals surface area contributed by atoms with Crippen LogP contribution in [0.25, 0.3) is 0 Å². The van der Waals surface area contributed by atoms with Crippen LogP contribution in [0.2, 0.25) is 0 Å². The Bertz CT molecular complexity index is 504. The summed E-state index contributed by atoms with van der Waals surface area (Å²) in [6.07, 6.45) is -9.53. The first-order valence-corrected chi connectivity index (χ1v) is 5.76. The standard InChI is InChI=1S/C10H5BrF4O3/c11-4-6(16)5-1-2-7-8(3-5)18-10(14,15)9(12,13)17-7/h1-3H,4H2. The molecule has 3 nitrogen and oxygen atoms in total. The lowest BCUT2D eigenvalue weighted by Crippen LogP contribution is -2.52. The number of ether oxygens (including phenoxy) is 2. The molecule has 2 rings (SSSR count). The first-order valence-electron chi connectivity index (χ1n) is 4.64. The van der Waals surface area contributed by atoms with E-state index < -0.39 is 29.5 Å². The van der Waals surface area contributed by atoms with Gasteiger partial charge in [-0.15, -0.1) is 0 Å². The molecule has 1 aliphatic rings. The van der Waals surface area contributed by atoms with Gasteiger partial charge in [-0.05, 0) is 18.2 Å². The van der Waals surface area contributed by atoms with Crippen LogP contribution >= 0.6 is 15.9 Å². The van der Waals surface area contributed by atoms with E-state index in [2.05, 4.69) is 25.4 Å². The van der Waals surface area contributed by atoms with Crippen molar-refractivity contribution in [2.24, 2.45) is 0 Å². The van der Waals surface area contributed by atoms with Crippen LogP contribution < -0.4 is 9.47 Å². The van der Waals surface area contributed by atoms with Gasteiger partial charge in [-0.1, -0.05) is 15.9 Å². The van der Waals surface area contributed by atoms with Crippen molar-refractivity contribution in [3.8, 4) is 11.5 Å². The number of alkyl halides is 5. The molecule has 98 valence electrons. The minimum Gasteiger partial charge on any atom is -0.421 e. The van der Waals surface area contributed by atoms with Crippen LogP contribution in [0.3, 0.4) is 0 Å². The minimum atomic E-state index is -4.78. The highest BCUT2D eigenvalue weighted by Gasteiger charge is 2.65. The Morgan fingerprint density at radius 3 is 2.22 bits per heavy atom. The Balaban J connectivity index is 2.42. The van der Waals surface area contributed by atoms with Gasteiger partial charge >= 0.3 is 12.2 Å². The highest BCUT2D eigenvalue weighted by Crippen LogP contribution is 2.46. The van der Waals surface area contributed by atoms with E-state index in [4.69, 9.17) is 0 Å². The van der Waals surface area contributed by atoms with E-state index in [-0.39, 0.29) is 10.9 Å². The van der Waals surface area contributed by atoms with Gasteiger partial charge < -0.3 is 9.47 Å². The number of halogens is 5. The van der Waals surface area contributed by atoms with E-state index in [0.717, 1.165) is 12.1 Å². The average Bonchev–Trinajstić information content (AvgIpc) is 2.28. The smallest absolute Gasteiger partial charge is 0.421 e. The van der Waals surface area contributed by atoms with Crippen LogP contribution in [-0.2, 0) is 0 Å². The van der Waals surface area contributed by atoms with Crippen LogP contribution in [0.5, 0.6) is 11.5 Å². The normalized spacial score (nSPS) is 19.4. The van der Waals surface area contributed by atoms with E-state index in [1.165, 1.54) is 6.07 Å². The van der Waals surface area contributed by atoms with Crippen molar-refractivity contribution >= 4 is 21.7 Å². The largest absolute Gasteiger partial charge is 0.507 e. The van der Waals surface area contributed by atoms with Crippen molar-refractivity contribution in [3.05, 3.63) is 23.8 Å². The van der Waals surface area contributed by atoms with E-state index in [1.54, 1.807) is 0 Å². The van der Waals surface area contributed by atoms with Crippen molar-refractivity contribution in [1.82, 2.24) is 0 Å². The molecule has 1 aliphatic heterocycles. The van der Waals surface area contributed by atoms with Crippen LogP contribution in [0, 0.1) is 0 Å². The topological polar surface area (TPSA) is 35.5 Å². The molecule has 0 aliphatic carbocycles. The molecule has 0 atom stereocenters. The molecular formula is C10H5BrF4O3. The second-order valence-electron chi connectivity index (χ2n) is 3.46. The van der Waals surface area contributed by atoms with Gasteiger partial charge in [0.15, 0.2) is 17.3 Å². The van der Waals surface area contributed by atoms with Crippen molar-refractivity contribution in [2.45, 2.75) is 12.2 Å². The lowest BCUT2D eigenvalue weighted by atomic mass is 10.1. The third-order valence-corrected chi connectivity index (χ3v) is 2.71. The molecule has 0 spiro atoms. The second-order valence-corrected chi connectivity index (χ2v) is 4.02. The summed E-state index contributed by atoms with van der Waals surface area (Å²) in [5, 5.41) is -0.0286. The Hall–Kier alpha value is -1.31. The molecule has 0 aromatic heterocycles. The summed E-state index contributed by atoms with van der Waals surface area (Å²) < 4.78 is 59.2. The molecule has 1 heterocycles. The van der Waals surface area contributed by atoms with E-state index in [1.807, 2.05) is 0 Å². The Labute approximate surface area is 107 Å². The zero-order valence-electron chi connectivity index (χ0n) is 8.55. The summed E-state index contributed by atoms with van der Waals surface area (Å²) in [6, 6.07) is 3.10. The fourth-order valence-electron chi connectivity index (χ4n) is 1.32. The Morgan fingerprint density at radius 1 is 1.11 bits per heavy atom. The number of ketones is 1. The third kappa shape index (κ3) is 2.05. The molecular weight excluding hydrogens is 324 g/mol. The van der Waals surface area contributed by atoms with E-state index in [9.17, 15) is 22.4 Å². The molecule has 0 fully saturated rings. The molecule has 0 radical (unpaired) electrons. The van der Waals surface area contributed by atoms with Crippen molar-refractivity contribution in [3.63, 3.8) is 0 Å². The first kappa shape index (κ1) is 13.1. The third-order valence-electron chi connectivity index (χ3n) is 2.20. The predicted molar refractivity (Wildman–Crippen MR) is 55.7 cm³/mol. The maximum Gasteiger partial charge on any atom is 0.507 e. The fraction of sp³-hybridized carbons (Fsp3) is 0.300.